The van der Waals surface area contributed by atoms with Gasteiger partial charge in [0.15, 0.2) is 5.82 Å². The van der Waals surface area contributed by atoms with Crippen LogP contribution in [0.2, 0.25) is 0 Å². The molecule has 2 heterocycles. The zero-order chi connectivity index (χ0) is 18.4. The van der Waals surface area contributed by atoms with Gasteiger partial charge in [0.05, 0.1) is 23.1 Å². The molecule has 0 radical (unpaired) electrons. The molecule has 0 aliphatic heterocycles. The molecule has 0 spiro atoms. The number of nitrogens with zero attached hydrogens (tertiary/aromatic N) is 5. The van der Waals surface area contributed by atoms with Crippen LogP contribution in [-0.2, 0) is 7.05 Å². The number of halogens is 2. The van der Waals surface area contributed by atoms with Crippen molar-refractivity contribution in [3.05, 3.63) is 27.6 Å². The Hall–Kier alpha value is -2.56. The van der Waals surface area contributed by atoms with E-state index < -0.39 is 28.9 Å². The fraction of sp³-hybridized carbons (Fsp3) is 0.571. The van der Waals surface area contributed by atoms with E-state index in [0.717, 1.165) is 4.68 Å². The van der Waals surface area contributed by atoms with E-state index in [1.54, 1.807) is 20.0 Å². The molecule has 11 heteroatoms. The number of rotatable bonds is 7. The molecule has 0 bridgehead atoms. The summed E-state index contributed by atoms with van der Waals surface area (Å²) >= 11 is 0. The van der Waals surface area contributed by atoms with Gasteiger partial charge in [-0.25, -0.2) is 13.5 Å². The second-order valence-electron chi connectivity index (χ2n) is 5.92. The lowest BCUT2D eigenvalue weighted by atomic mass is 10.2. The van der Waals surface area contributed by atoms with E-state index in [2.05, 4.69) is 10.2 Å². The van der Waals surface area contributed by atoms with Crippen LogP contribution in [0.1, 0.15) is 30.1 Å². The fourth-order valence-electron chi connectivity index (χ4n) is 2.70. The maximum atomic E-state index is 13.7. The third-order valence-electron chi connectivity index (χ3n) is 3.94. The highest BCUT2D eigenvalue weighted by molar-refractivity contribution is 5.53. The molecule has 9 nitrogen and oxygen atoms in total. The van der Waals surface area contributed by atoms with Gasteiger partial charge in [0.25, 0.3) is 5.92 Å². The molecular formula is C14H17F2N5O4. The van der Waals surface area contributed by atoms with Crippen molar-refractivity contribution in [3.8, 4) is 11.7 Å². The molecule has 2 aromatic rings. The molecule has 1 atom stereocenters. The Kier molecular flexibility index (Phi) is 4.19. The molecule has 1 aliphatic rings. The van der Waals surface area contributed by atoms with Gasteiger partial charge in [-0.3, -0.25) is 14.8 Å². The Balaban J connectivity index is 2.14. The first-order chi connectivity index (χ1) is 11.8. The number of aryl methyl sites for hydroxylation is 2. The van der Waals surface area contributed by atoms with Gasteiger partial charge in [0, 0.05) is 32.6 Å². The number of hydrogen-bond acceptors (Lipinski definition) is 6. The highest BCUT2D eigenvalue weighted by Crippen LogP contribution is 2.59. The van der Waals surface area contributed by atoms with Crippen LogP contribution in [0.15, 0.2) is 6.07 Å². The number of aliphatic hydroxyl groups excluding tert-OH is 1. The average Bonchev–Trinajstić information content (AvgIpc) is 2.85. The van der Waals surface area contributed by atoms with E-state index in [1.165, 1.54) is 4.68 Å². The van der Waals surface area contributed by atoms with Crippen LogP contribution in [-0.4, -0.2) is 48.7 Å². The smallest absolute Gasteiger partial charge is 0.354 e. The van der Waals surface area contributed by atoms with Gasteiger partial charge in [0.2, 0.25) is 0 Å². The Morgan fingerprint density at radius 1 is 1.52 bits per heavy atom. The maximum absolute atomic E-state index is 13.7. The lowest BCUT2D eigenvalue weighted by Crippen LogP contribution is -2.10. The minimum atomic E-state index is -3.02. The molecule has 25 heavy (non-hydrogen) atoms. The number of ether oxygens (including phenoxy) is 1. The summed E-state index contributed by atoms with van der Waals surface area (Å²) in [7, 11) is 1.59. The van der Waals surface area contributed by atoms with Crippen LogP contribution < -0.4 is 4.74 Å². The van der Waals surface area contributed by atoms with Crippen molar-refractivity contribution in [1.29, 1.82) is 0 Å². The topological polar surface area (TPSA) is 108 Å². The molecule has 0 aromatic carbocycles. The summed E-state index contributed by atoms with van der Waals surface area (Å²) in [4.78, 5) is 10.7. The van der Waals surface area contributed by atoms with Gasteiger partial charge >= 0.3 is 11.6 Å². The standard InChI is InChI=1S/C14H17F2N5O4/c1-8-6-10(19(2)17-8)20-11(9-7-14(9,15)16)12(21(23)24)13(18-20)25-5-3-4-22/h6,9,22H,3-5,7H2,1-2H3. The van der Waals surface area contributed by atoms with Gasteiger partial charge in [0.1, 0.15) is 5.69 Å². The molecule has 136 valence electrons. The summed E-state index contributed by atoms with van der Waals surface area (Å²) in [5.41, 5.74) is -0.150. The Morgan fingerprint density at radius 2 is 2.20 bits per heavy atom. The zero-order valence-electron chi connectivity index (χ0n) is 13.6. The molecule has 3 rings (SSSR count). The van der Waals surface area contributed by atoms with E-state index in [9.17, 15) is 18.9 Å². The molecule has 1 fully saturated rings. The Morgan fingerprint density at radius 3 is 2.68 bits per heavy atom. The second kappa shape index (κ2) is 6.06. The molecule has 0 saturated heterocycles. The lowest BCUT2D eigenvalue weighted by Gasteiger charge is -2.05. The van der Waals surface area contributed by atoms with Crippen molar-refractivity contribution in [2.75, 3.05) is 13.2 Å². The third-order valence-corrected chi connectivity index (χ3v) is 3.94. The van der Waals surface area contributed by atoms with Gasteiger partial charge in [-0.2, -0.15) is 5.10 Å². The summed E-state index contributed by atoms with van der Waals surface area (Å²) in [6.45, 7) is 1.54. The first-order valence-electron chi connectivity index (χ1n) is 7.66. The molecule has 1 unspecified atom stereocenters. The highest BCUT2D eigenvalue weighted by Gasteiger charge is 2.62. The number of hydrogen-bond donors (Lipinski definition) is 1. The summed E-state index contributed by atoms with van der Waals surface area (Å²) in [5.74, 6) is -4.32. The van der Waals surface area contributed by atoms with E-state index in [1.807, 2.05) is 0 Å². The largest absolute Gasteiger partial charge is 0.472 e. The van der Waals surface area contributed by atoms with E-state index in [4.69, 9.17) is 9.84 Å². The van der Waals surface area contributed by atoms with Crippen molar-refractivity contribution in [1.82, 2.24) is 19.6 Å². The maximum Gasteiger partial charge on any atom is 0.354 e. The second-order valence-corrected chi connectivity index (χ2v) is 5.92. The first kappa shape index (κ1) is 17.3. The summed E-state index contributed by atoms with van der Waals surface area (Å²) in [6, 6.07) is 1.60. The molecule has 1 N–H and O–H groups in total. The van der Waals surface area contributed by atoms with E-state index in [-0.39, 0.29) is 31.2 Å². The average molecular weight is 357 g/mol. The van der Waals surface area contributed by atoms with Crippen molar-refractivity contribution < 1.29 is 23.5 Å². The fourth-order valence-corrected chi connectivity index (χ4v) is 2.70. The highest BCUT2D eigenvalue weighted by atomic mass is 19.3. The van der Waals surface area contributed by atoms with E-state index >= 15 is 0 Å². The SMILES string of the molecule is Cc1cc(-n2nc(OCCCO)c([N+](=O)[O-])c2C2CC2(F)F)n(C)n1. The first-order valence-corrected chi connectivity index (χ1v) is 7.66. The zero-order valence-corrected chi connectivity index (χ0v) is 13.6. The number of alkyl halides is 2. The van der Waals surface area contributed by atoms with Crippen molar-refractivity contribution >= 4 is 5.69 Å². The molecule has 0 amide bonds. The number of aliphatic hydroxyl groups is 1. The van der Waals surface area contributed by atoms with Crippen molar-refractivity contribution in [2.45, 2.75) is 31.6 Å². The van der Waals surface area contributed by atoms with Crippen LogP contribution in [0.3, 0.4) is 0 Å². The normalized spacial score (nSPS) is 18.4. The minimum Gasteiger partial charge on any atom is -0.472 e. The summed E-state index contributed by atoms with van der Waals surface area (Å²) in [6.07, 6.45) is -0.240. The van der Waals surface area contributed by atoms with Crippen molar-refractivity contribution in [3.63, 3.8) is 0 Å². The Labute approximate surface area is 141 Å². The van der Waals surface area contributed by atoms with E-state index in [0.29, 0.717) is 11.5 Å². The van der Waals surface area contributed by atoms with Crippen LogP contribution >= 0.6 is 0 Å². The summed E-state index contributed by atoms with van der Waals surface area (Å²) in [5, 5.41) is 28.5. The molecular weight excluding hydrogens is 340 g/mol. The van der Waals surface area contributed by atoms with Gasteiger partial charge < -0.3 is 9.84 Å². The van der Waals surface area contributed by atoms with Crippen molar-refractivity contribution in [2.24, 2.45) is 7.05 Å². The number of aromatic nitrogens is 4. The van der Waals surface area contributed by atoms with Crippen LogP contribution in [0.5, 0.6) is 5.88 Å². The van der Waals surface area contributed by atoms with Crippen LogP contribution in [0.4, 0.5) is 14.5 Å². The van der Waals surface area contributed by atoms with Crippen LogP contribution in [0.25, 0.3) is 5.82 Å². The predicted molar refractivity (Wildman–Crippen MR) is 81.2 cm³/mol. The van der Waals surface area contributed by atoms with Gasteiger partial charge in [-0.1, -0.05) is 0 Å². The minimum absolute atomic E-state index is 0.0146. The monoisotopic (exact) mass is 357 g/mol. The number of nitro groups is 1. The summed E-state index contributed by atoms with van der Waals surface area (Å²) < 4.78 is 35.2. The van der Waals surface area contributed by atoms with Gasteiger partial charge in [-0.15, -0.1) is 5.10 Å². The third kappa shape index (κ3) is 3.06. The predicted octanol–water partition coefficient (Wildman–Crippen LogP) is 1.71. The van der Waals surface area contributed by atoms with Crippen LogP contribution in [0, 0.1) is 17.0 Å². The van der Waals surface area contributed by atoms with Gasteiger partial charge in [-0.05, 0) is 6.92 Å². The lowest BCUT2D eigenvalue weighted by molar-refractivity contribution is -0.386. The Bertz CT molecular complexity index is 816. The molecule has 1 saturated carbocycles. The molecule has 2 aromatic heterocycles. The quantitative estimate of drug-likeness (QED) is 0.459. The molecule has 1 aliphatic carbocycles.